The molecule has 2 heterocycles. The number of nitrogens with zero attached hydrogens (tertiary/aromatic N) is 4. The maximum absolute atomic E-state index is 12.9. The fourth-order valence-electron chi connectivity index (χ4n) is 3.77. The van der Waals surface area contributed by atoms with E-state index in [1.807, 2.05) is 61.6 Å². The number of carbonyl (C=O) groups excluding carboxylic acids is 1. The van der Waals surface area contributed by atoms with E-state index >= 15 is 0 Å². The van der Waals surface area contributed by atoms with Crippen LogP contribution in [0.1, 0.15) is 40.3 Å². The number of hydrogen-bond acceptors (Lipinski definition) is 4. The summed E-state index contributed by atoms with van der Waals surface area (Å²) in [5, 5.41) is 7.50. The zero-order valence-electron chi connectivity index (χ0n) is 18.2. The smallest absolute Gasteiger partial charge is 0.253 e. The quantitative estimate of drug-likeness (QED) is 0.334. The molecule has 4 aromatic rings. The van der Waals surface area contributed by atoms with Crippen molar-refractivity contribution in [3.05, 3.63) is 95.1 Å². The van der Waals surface area contributed by atoms with Crippen molar-refractivity contribution in [2.24, 2.45) is 12.8 Å². The summed E-state index contributed by atoms with van der Waals surface area (Å²) >= 11 is 0. The number of hydrogen-bond donors (Lipinski definition) is 2. The van der Waals surface area contributed by atoms with Crippen LogP contribution in [0.15, 0.2) is 67.0 Å². The summed E-state index contributed by atoms with van der Waals surface area (Å²) in [6.45, 7) is 0.501. The highest BCUT2D eigenvalue weighted by molar-refractivity contribution is 5.97. The van der Waals surface area contributed by atoms with Crippen LogP contribution in [0.5, 0.6) is 0 Å². The number of nitrogens with one attached hydrogen (secondary N) is 1. The molecule has 7 heteroatoms. The van der Waals surface area contributed by atoms with E-state index in [0.29, 0.717) is 12.1 Å². The van der Waals surface area contributed by atoms with Gasteiger partial charge in [-0.05, 0) is 41.8 Å². The number of benzene rings is 2. The van der Waals surface area contributed by atoms with Crippen LogP contribution >= 0.6 is 0 Å². The molecular weight excluding hydrogens is 412 g/mol. The van der Waals surface area contributed by atoms with Crippen LogP contribution in [-0.2, 0) is 26.4 Å². The van der Waals surface area contributed by atoms with Crippen LogP contribution < -0.4 is 5.73 Å². The number of nitrogen functional groups attached to an aromatic ring is 1. The van der Waals surface area contributed by atoms with E-state index in [9.17, 15) is 4.79 Å². The number of aryl methyl sites for hydroxylation is 3. The second kappa shape index (κ2) is 10.1. The SMILES string of the molecule is C.CN(Cc1cccnc1)C(=O)c1ccc2c(c1)nc(CCc1ccc(C(=N)N)cc1)n2C. The average molecular weight is 443 g/mol. The van der Waals surface area contributed by atoms with E-state index in [1.165, 1.54) is 0 Å². The van der Waals surface area contributed by atoms with Crippen LogP contribution in [-0.4, -0.2) is 38.2 Å². The van der Waals surface area contributed by atoms with Gasteiger partial charge in [-0.15, -0.1) is 0 Å². The van der Waals surface area contributed by atoms with Gasteiger partial charge in [0.25, 0.3) is 5.91 Å². The van der Waals surface area contributed by atoms with Gasteiger partial charge in [-0.25, -0.2) is 4.98 Å². The molecule has 3 N–H and O–H groups in total. The molecule has 0 radical (unpaired) electrons. The number of pyridine rings is 1. The van der Waals surface area contributed by atoms with E-state index in [-0.39, 0.29) is 19.2 Å². The van der Waals surface area contributed by atoms with Crippen molar-refractivity contribution in [2.75, 3.05) is 7.05 Å². The first-order valence-electron chi connectivity index (χ1n) is 10.5. The van der Waals surface area contributed by atoms with Crippen LogP contribution in [0.4, 0.5) is 0 Å². The number of nitrogens with two attached hydrogens (primary N) is 1. The Hall–Kier alpha value is -4.00. The van der Waals surface area contributed by atoms with Crippen LogP contribution in [0, 0.1) is 5.41 Å². The molecule has 2 aromatic carbocycles. The lowest BCUT2D eigenvalue weighted by atomic mass is 10.1. The molecule has 4 rings (SSSR count). The predicted octanol–water partition coefficient (Wildman–Crippen LogP) is 3.95. The second-order valence-corrected chi connectivity index (χ2v) is 7.92. The molecule has 0 saturated carbocycles. The van der Waals surface area contributed by atoms with E-state index in [2.05, 4.69) is 9.55 Å². The van der Waals surface area contributed by atoms with Gasteiger partial charge in [-0.2, -0.15) is 0 Å². The fraction of sp³-hybridized carbons (Fsp3) is 0.231. The minimum atomic E-state index is -0.0477. The summed E-state index contributed by atoms with van der Waals surface area (Å²) in [4.78, 5) is 23.5. The van der Waals surface area contributed by atoms with Crippen molar-refractivity contribution in [2.45, 2.75) is 26.8 Å². The van der Waals surface area contributed by atoms with Gasteiger partial charge < -0.3 is 15.2 Å². The lowest BCUT2D eigenvalue weighted by Gasteiger charge is -2.17. The molecular formula is C26H30N6O. The van der Waals surface area contributed by atoms with Crippen molar-refractivity contribution >= 4 is 22.8 Å². The first-order valence-corrected chi connectivity index (χ1v) is 10.5. The van der Waals surface area contributed by atoms with Crippen LogP contribution in [0.2, 0.25) is 0 Å². The lowest BCUT2D eigenvalue weighted by molar-refractivity contribution is 0.0785. The molecule has 0 unspecified atom stereocenters. The summed E-state index contributed by atoms with van der Waals surface area (Å²) in [6.07, 6.45) is 5.09. The predicted molar refractivity (Wildman–Crippen MR) is 132 cm³/mol. The number of fused-ring (bicyclic) bond motifs is 1. The third-order valence-electron chi connectivity index (χ3n) is 5.61. The number of aromatic nitrogens is 3. The van der Waals surface area contributed by atoms with Gasteiger partial charge in [-0.3, -0.25) is 15.2 Å². The number of rotatable bonds is 7. The van der Waals surface area contributed by atoms with E-state index in [1.54, 1.807) is 24.3 Å². The largest absolute Gasteiger partial charge is 0.384 e. The summed E-state index contributed by atoms with van der Waals surface area (Å²) in [7, 11) is 3.79. The molecule has 0 saturated heterocycles. The Morgan fingerprint density at radius 3 is 2.45 bits per heavy atom. The van der Waals surface area contributed by atoms with Crippen molar-refractivity contribution < 1.29 is 4.79 Å². The third-order valence-corrected chi connectivity index (χ3v) is 5.61. The number of carbonyl (C=O) groups is 1. The summed E-state index contributed by atoms with van der Waals surface area (Å²) in [5.41, 5.74) is 10.8. The first kappa shape index (κ1) is 23.7. The monoisotopic (exact) mass is 442 g/mol. The molecule has 0 aliphatic carbocycles. The molecule has 170 valence electrons. The minimum absolute atomic E-state index is 0. The van der Waals surface area contributed by atoms with Crippen molar-refractivity contribution in [1.82, 2.24) is 19.4 Å². The fourth-order valence-corrected chi connectivity index (χ4v) is 3.77. The molecule has 0 bridgehead atoms. The van der Waals surface area contributed by atoms with Crippen molar-refractivity contribution in [3.63, 3.8) is 0 Å². The third kappa shape index (κ3) is 5.26. The second-order valence-electron chi connectivity index (χ2n) is 7.92. The number of imidazole rings is 1. The molecule has 0 aliphatic heterocycles. The number of amides is 1. The van der Waals surface area contributed by atoms with E-state index in [4.69, 9.17) is 16.1 Å². The Labute approximate surface area is 194 Å². The zero-order chi connectivity index (χ0) is 22.7. The highest BCUT2D eigenvalue weighted by Crippen LogP contribution is 2.19. The number of amidine groups is 1. The maximum atomic E-state index is 12.9. The highest BCUT2D eigenvalue weighted by Gasteiger charge is 2.15. The molecule has 2 aromatic heterocycles. The Bertz CT molecular complexity index is 1260. The topological polar surface area (TPSA) is 101 Å². The standard InChI is InChI=1S/C25H26N6O.CH4/c1-30(16-18-4-3-13-28-15-18)25(32)20-10-11-22-21(14-20)29-23(31(22)2)12-7-17-5-8-19(9-6-17)24(26)27;/h3-6,8-11,13-15H,7,12,16H2,1-2H3,(H3,26,27);1H4. The van der Waals surface area contributed by atoms with Gasteiger partial charge in [0.05, 0.1) is 11.0 Å². The molecule has 1 amide bonds. The zero-order valence-corrected chi connectivity index (χ0v) is 18.2. The molecule has 0 spiro atoms. The summed E-state index contributed by atoms with van der Waals surface area (Å²) in [6, 6.07) is 17.2. The lowest BCUT2D eigenvalue weighted by Crippen LogP contribution is -2.26. The van der Waals surface area contributed by atoms with Gasteiger partial charge in [0.2, 0.25) is 0 Å². The van der Waals surface area contributed by atoms with Gasteiger partial charge >= 0.3 is 0 Å². The average Bonchev–Trinajstić information content (AvgIpc) is 3.12. The molecule has 7 nitrogen and oxygen atoms in total. The van der Waals surface area contributed by atoms with Gasteiger partial charge in [0, 0.05) is 50.6 Å². The Balaban J connectivity index is 0.00000306. The molecule has 33 heavy (non-hydrogen) atoms. The first-order chi connectivity index (χ1) is 15.4. The maximum Gasteiger partial charge on any atom is 0.253 e. The van der Waals surface area contributed by atoms with Crippen LogP contribution in [0.3, 0.4) is 0 Å². The van der Waals surface area contributed by atoms with Crippen LogP contribution in [0.25, 0.3) is 11.0 Å². The summed E-state index contributed by atoms with van der Waals surface area (Å²) in [5.74, 6) is 0.987. The minimum Gasteiger partial charge on any atom is -0.384 e. The molecule has 0 aliphatic rings. The summed E-state index contributed by atoms with van der Waals surface area (Å²) < 4.78 is 2.08. The normalized spacial score (nSPS) is 10.6. The van der Waals surface area contributed by atoms with E-state index in [0.717, 1.165) is 46.4 Å². The van der Waals surface area contributed by atoms with E-state index < -0.39 is 0 Å². The van der Waals surface area contributed by atoms with Crippen molar-refractivity contribution in [1.29, 1.82) is 5.41 Å². The Morgan fingerprint density at radius 2 is 1.79 bits per heavy atom. The van der Waals surface area contributed by atoms with Crippen molar-refractivity contribution in [3.8, 4) is 0 Å². The van der Waals surface area contributed by atoms with Gasteiger partial charge in [0.15, 0.2) is 0 Å². The Kier molecular flexibility index (Phi) is 7.23. The molecule has 0 fully saturated rings. The van der Waals surface area contributed by atoms with Gasteiger partial charge in [0.1, 0.15) is 11.7 Å². The molecule has 0 atom stereocenters. The Morgan fingerprint density at radius 1 is 1.06 bits per heavy atom. The van der Waals surface area contributed by atoms with Gasteiger partial charge in [-0.1, -0.05) is 37.8 Å². The highest BCUT2D eigenvalue weighted by atomic mass is 16.2.